The number of nitrogens with one attached hydrogen (secondary N) is 1. The van der Waals surface area contributed by atoms with Crippen molar-refractivity contribution in [2.45, 2.75) is 18.9 Å². The van der Waals surface area contributed by atoms with Crippen LogP contribution in [0.3, 0.4) is 0 Å². The summed E-state index contributed by atoms with van der Waals surface area (Å²) in [5.74, 6) is 0. The lowest BCUT2D eigenvalue weighted by Gasteiger charge is -2.13. The normalized spacial score (nSPS) is 16.8. The Morgan fingerprint density at radius 2 is 1.80 bits per heavy atom. The highest BCUT2D eigenvalue weighted by Gasteiger charge is 2.21. The molecule has 20 heavy (non-hydrogen) atoms. The molecule has 0 fully saturated rings. The van der Waals surface area contributed by atoms with Gasteiger partial charge in [-0.05, 0) is 48.2 Å². The highest BCUT2D eigenvalue weighted by Crippen LogP contribution is 2.27. The highest BCUT2D eigenvalue weighted by atomic mass is 35.5. The second-order valence-electron chi connectivity index (χ2n) is 4.97. The summed E-state index contributed by atoms with van der Waals surface area (Å²) in [4.78, 5) is 10.2. The van der Waals surface area contributed by atoms with Crippen LogP contribution < -0.4 is 5.32 Å². The first kappa shape index (κ1) is 12.9. The van der Waals surface area contributed by atoms with E-state index in [0.717, 1.165) is 23.6 Å². The summed E-state index contributed by atoms with van der Waals surface area (Å²) < 4.78 is 0. The number of hydrogen-bond acceptors (Lipinski definition) is 3. The molecule has 0 spiro atoms. The number of nitro benzene ring substituents is 1. The topological polar surface area (TPSA) is 55.2 Å². The van der Waals surface area contributed by atoms with Gasteiger partial charge in [-0.2, -0.15) is 0 Å². The summed E-state index contributed by atoms with van der Waals surface area (Å²) in [7, 11) is 0. The van der Waals surface area contributed by atoms with Gasteiger partial charge in [0.2, 0.25) is 0 Å². The van der Waals surface area contributed by atoms with E-state index >= 15 is 0 Å². The van der Waals surface area contributed by atoms with E-state index < -0.39 is 4.92 Å². The lowest BCUT2D eigenvalue weighted by molar-refractivity contribution is -0.384. The Kier molecular flexibility index (Phi) is 3.32. The largest absolute Gasteiger partial charge is 0.382 e. The Bertz CT molecular complexity index is 655. The molecule has 1 unspecified atom stereocenters. The van der Waals surface area contributed by atoms with Crippen molar-refractivity contribution in [1.29, 1.82) is 0 Å². The van der Waals surface area contributed by atoms with Gasteiger partial charge in [-0.25, -0.2) is 0 Å². The Labute approximate surface area is 121 Å². The van der Waals surface area contributed by atoms with Crippen LogP contribution in [0.5, 0.6) is 0 Å². The van der Waals surface area contributed by atoms with Gasteiger partial charge in [-0.1, -0.05) is 17.7 Å². The molecule has 5 heteroatoms. The molecule has 0 amide bonds. The highest BCUT2D eigenvalue weighted by molar-refractivity contribution is 6.30. The lowest BCUT2D eigenvalue weighted by atomic mass is 10.1. The zero-order valence-corrected chi connectivity index (χ0v) is 11.4. The zero-order valence-electron chi connectivity index (χ0n) is 10.7. The molecule has 1 aliphatic carbocycles. The minimum atomic E-state index is -0.392. The van der Waals surface area contributed by atoms with Crippen molar-refractivity contribution >= 4 is 23.0 Å². The molecular weight excluding hydrogens is 276 g/mol. The molecule has 0 aliphatic heterocycles. The first-order chi connectivity index (χ1) is 9.61. The van der Waals surface area contributed by atoms with Gasteiger partial charge >= 0.3 is 0 Å². The van der Waals surface area contributed by atoms with Gasteiger partial charge in [0, 0.05) is 28.9 Å². The number of rotatable bonds is 3. The van der Waals surface area contributed by atoms with E-state index in [2.05, 4.69) is 11.4 Å². The Hall–Kier alpha value is -2.07. The quantitative estimate of drug-likeness (QED) is 0.690. The van der Waals surface area contributed by atoms with Crippen molar-refractivity contribution in [3.05, 3.63) is 68.7 Å². The number of hydrogen-bond donors (Lipinski definition) is 1. The molecule has 102 valence electrons. The molecular formula is C15H13ClN2O2. The molecule has 0 aromatic heterocycles. The van der Waals surface area contributed by atoms with Crippen LogP contribution in [-0.2, 0) is 12.8 Å². The smallest absolute Gasteiger partial charge is 0.269 e. The standard InChI is InChI=1S/C15H13ClN2O2/c16-12-2-1-10-8-14(9-11(10)7-12)17-13-3-5-15(6-4-13)18(19)20/h1-7,14,17H,8-9H2. The molecule has 1 N–H and O–H groups in total. The van der Waals surface area contributed by atoms with E-state index in [-0.39, 0.29) is 5.69 Å². The van der Waals surface area contributed by atoms with Crippen molar-refractivity contribution in [3.63, 3.8) is 0 Å². The SMILES string of the molecule is O=[N+]([O-])c1ccc(NC2Cc3ccc(Cl)cc3C2)cc1. The van der Waals surface area contributed by atoms with E-state index in [9.17, 15) is 10.1 Å². The fourth-order valence-corrected chi connectivity index (χ4v) is 2.80. The van der Waals surface area contributed by atoms with Crippen LogP contribution in [0.1, 0.15) is 11.1 Å². The summed E-state index contributed by atoms with van der Waals surface area (Å²) >= 11 is 5.99. The van der Waals surface area contributed by atoms with Crippen LogP contribution in [0.15, 0.2) is 42.5 Å². The maximum Gasteiger partial charge on any atom is 0.269 e. The maximum atomic E-state index is 10.6. The van der Waals surface area contributed by atoms with Gasteiger partial charge in [-0.3, -0.25) is 10.1 Å². The number of fused-ring (bicyclic) bond motifs is 1. The number of nitrogens with zero attached hydrogens (tertiary/aromatic N) is 1. The minimum absolute atomic E-state index is 0.108. The predicted octanol–water partition coefficient (Wildman–Crippen LogP) is 3.83. The average molecular weight is 289 g/mol. The Balaban J connectivity index is 1.70. The number of nitro groups is 1. The van der Waals surface area contributed by atoms with Crippen LogP contribution in [-0.4, -0.2) is 11.0 Å². The second kappa shape index (κ2) is 5.13. The maximum absolute atomic E-state index is 10.6. The van der Waals surface area contributed by atoms with Gasteiger partial charge in [-0.15, -0.1) is 0 Å². The van der Waals surface area contributed by atoms with Crippen LogP contribution in [0.25, 0.3) is 0 Å². The van der Waals surface area contributed by atoms with E-state index in [1.165, 1.54) is 23.3 Å². The summed E-state index contributed by atoms with van der Waals surface area (Å²) in [6, 6.07) is 12.8. The number of benzene rings is 2. The van der Waals surface area contributed by atoms with Crippen LogP contribution in [0.4, 0.5) is 11.4 Å². The summed E-state index contributed by atoms with van der Waals surface area (Å²) in [6.45, 7) is 0. The van der Waals surface area contributed by atoms with Crippen molar-refractivity contribution in [3.8, 4) is 0 Å². The molecule has 4 nitrogen and oxygen atoms in total. The fourth-order valence-electron chi connectivity index (χ4n) is 2.60. The molecule has 0 saturated carbocycles. The third-order valence-corrected chi connectivity index (χ3v) is 3.78. The lowest BCUT2D eigenvalue weighted by Crippen LogP contribution is -2.19. The molecule has 0 bridgehead atoms. The number of non-ortho nitro benzene ring substituents is 1. The monoisotopic (exact) mass is 288 g/mol. The van der Waals surface area contributed by atoms with Gasteiger partial charge in [0.25, 0.3) is 5.69 Å². The summed E-state index contributed by atoms with van der Waals surface area (Å²) in [6.07, 6.45) is 1.87. The molecule has 0 heterocycles. The van der Waals surface area contributed by atoms with Crippen molar-refractivity contribution in [1.82, 2.24) is 0 Å². The van der Waals surface area contributed by atoms with Gasteiger partial charge in [0.15, 0.2) is 0 Å². The van der Waals surface area contributed by atoms with Crippen molar-refractivity contribution < 1.29 is 4.92 Å². The Morgan fingerprint density at radius 1 is 1.10 bits per heavy atom. The van der Waals surface area contributed by atoms with Crippen LogP contribution in [0, 0.1) is 10.1 Å². The van der Waals surface area contributed by atoms with Gasteiger partial charge in [0.1, 0.15) is 0 Å². The van der Waals surface area contributed by atoms with Gasteiger partial charge in [0.05, 0.1) is 4.92 Å². The number of anilines is 1. The first-order valence-corrected chi connectivity index (χ1v) is 6.78. The summed E-state index contributed by atoms with van der Waals surface area (Å²) in [5, 5.41) is 14.8. The molecule has 0 radical (unpaired) electrons. The third-order valence-electron chi connectivity index (χ3n) is 3.55. The first-order valence-electron chi connectivity index (χ1n) is 6.40. The molecule has 2 aromatic rings. The Morgan fingerprint density at radius 3 is 2.50 bits per heavy atom. The zero-order chi connectivity index (χ0) is 14.1. The average Bonchev–Trinajstić information content (AvgIpc) is 2.80. The number of halogens is 1. The van der Waals surface area contributed by atoms with Gasteiger partial charge < -0.3 is 5.32 Å². The van der Waals surface area contributed by atoms with Crippen LogP contribution >= 0.6 is 11.6 Å². The van der Waals surface area contributed by atoms with E-state index in [4.69, 9.17) is 11.6 Å². The molecule has 1 atom stereocenters. The van der Waals surface area contributed by atoms with Crippen LogP contribution in [0.2, 0.25) is 5.02 Å². The van der Waals surface area contributed by atoms with E-state index in [1.54, 1.807) is 12.1 Å². The van der Waals surface area contributed by atoms with E-state index in [0.29, 0.717) is 6.04 Å². The molecule has 0 saturated heterocycles. The van der Waals surface area contributed by atoms with Crippen molar-refractivity contribution in [2.24, 2.45) is 0 Å². The van der Waals surface area contributed by atoms with E-state index in [1.807, 2.05) is 12.1 Å². The van der Waals surface area contributed by atoms with Crippen molar-refractivity contribution in [2.75, 3.05) is 5.32 Å². The molecule has 2 aromatic carbocycles. The second-order valence-corrected chi connectivity index (χ2v) is 5.40. The fraction of sp³-hybridized carbons (Fsp3) is 0.200. The third kappa shape index (κ3) is 2.60. The molecule has 1 aliphatic rings. The predicted molar refractivity (Wildman–Crippen MR) is 79.4 cm³/mol. The minimum Gasteiger partial charge on any atom is -0.382 e. The summed E-state index contributed by atoms with van der Waals surface area (Å²) in [5.41, 5.74) is 3.60. The molecule has 3 rings (SSSR count).